The van der Waals surface area contributed by atoms with Crippen molar-refractivity contribution >= 4 is 40.9 Å². The lowest BCUT2D eigenvalue weighted by atomic mass is 10.1. The number of amides is 1. The summed E-state index contributed by atoms with van der Waals surface area (Å²) in [4.78, 5) is 27.1. The molecule has 1 aromatic carbocycles. The highest BCUT2D eigenvalue weighted by atomic mass is 35.5. The van der Waals surface area contributed by atoms with Crippen LogP contribution < -0.4 is 4.90 Å². The third-order valence-electron chi connectivity index (χ3n) is 3.92. The zero-order chi connectivity index (χ0) is 18.0. The molecule has 0 atom stereocenters. The van der Waals surface area contributed by atoms with Gasteiger partial charge in [-0.3, -0.25) is 4.79 Å². The van der Waals surface area contributed by atoms with Crippen LogP contribution in [0.3, 0.4) is 0 Å². The first kappa shape index (κ1) is 17.4. The van der Waals surface area contributed by atoms with Crippen molar-refractivity contribution in [1.82, 2.24) is 15.1 Å². The average Bonchev–Trinajstić information content (AvgIpc) is 2.61. The van der Waals surface area contributed by atoms with Crippen LogP contribution in [0.25, 0.3) is 0 Å². The molecular formula is C16H14Cl2N4O3. The molecule has 0 bridgehead atoms. The largest absolute Gasteiger partial charge is 0.476 e. The second-order valence-corrected chi connectivity index (χ2v) is 6.33. The molecule has 0 unspecified atom stereocenters. The van der Waals surface area contributed by atoms with Gasteiger partial charge >= 0.3 is 5.97 Å². The first-order valence-electron chi connectivity index (χ1n) is 7.52. The summed E-state index contributed by atoms with van der Waals surface area (Å²) in [6.07, 6.45) is 0. The maximum absolute atomic E-state index is 12.6. The summed E-state index contributed by atoms with van der Waals surface area (Å²) >= 11 is 12.0. The van der Waals surface area contributed by atoms with E-state index < -0.39 is 5.97 Å². The number of anilines is 1. The van der Waals surface area contributed by atoms with Gasteiger partial charge in [0, 0.05) is 31.2 Å². The molecule has 1 aliphatic heterocycles. The van der Waals surface area contributed by atoms with Gasteiger partial charge in [0.2, 0.25) is 0 Å². The second kappa shape index (κ2) is 7.25. The molecule has 1 N–H and O–H groups in total. The third-order valence-corrected chi connectivity index (χ3v) is 4.47. The van der Waals surface area contributed by atoms with Crippen molar-refractivity contribution < 1.29 is 14.7 Å². The highest BCUT2D eigenvalue weighted by Gasteiger charge is 2.24. The molecular weight excluding hydrogens is 367 g/mol. The molecule has 1 saturated heterocycles. The first-order chi connectivity index (χ1) is 12.0. The van der Waals surface area contributed by atoms with E-state index in [4.69, 9.17) is 28.3 Å². The summed E-state index contributed by atoms with van der Waals surface area (Å²) < 4.78 is 0. The molecule has 2 heterocycles. The lowest BCUT2D eigenvalue weighted by molar-refractivity contribution is 0.0687. The number of aromatic nitrogens is 2. The minimum absolute atomic E-state index is 0.102. The number of nitrogens with zero attached hydrogens (tertiary/aromatic N) is 4. The Morgan fingerprint density at radius 2 is 1.72 bits per heavy atom. The molecule has 130 valence electrons. The molecule has 7 nitrogen and oxygen atoms in total. The predicted octanol–water partition coefficient (Wildman–Crippen LogP) is 2.44. The molecule has 0 saturated carbocycles. The Bertz CT molecular complexity index is 806. The van der Waals surface area contributed by atoms with Crippen molar-refractivity contribution in [3.63, 3.8) is 0 Å². The van der Waals surface area contributed by atoms with Gasteiger partial charge in [-0.15, -0.1) is 10.2 Å². The molecule has 1 aliphatic rings. The van der Waals surface area contributed by atoms with Crippen molar-refractivity contribution in [2.24, 2.45) is 0 Å². The van der Waals surface area contributed by atoms with E-state index in [1.54, 1.807) is 29.2 Å². The summed E-state index contributed by atoms with van der Waals surface area (Å²) in [6.45, 7) is 2.14. The molecule has 9 heteroatoms. The van der Waals surface area contributed by atoms with Crippen LogP contribution in [0.15, 0.2) is 30.3 Å². The first-order valence-corrected chi connectivity index (χ1v) is 8.27. The molecule has 0 spiro atoms. The SMILES string of the molecule is O=C(O)c1ccc(N2CCN(C(=O)c3ccc(Cl)cc3Cl)CC2)nn1. The van der Waals surface area contributed by atoms with Crippen LogP contribution in [0.4, 0.5) is 5.82 Å². The Balaban J connectivity index is 1.65. The Kier molecular flexibility index (Phi) is 5.06. The fourth-order valence-corrected chi connectivity index (χ4v) is 3.07. The Hall–Kier alpha value is -2.38. The maximum Gasteiger partial charge on any atom is 0.356 e. The van der Waals surface area contributed by atoms with E-state index in [1.807, 2.05) is 4.90 Å². The molecule has 0 radical (unpaired) electrons. The van der Waals surface area contributed by atoms with E-state index in [2.05, 4.69) is 10.2 Å². The van der Waals surface area contributed by atoms with E-state index in [1.165, 1.54) is 6.07 Å². The van der Waals surface area contributed by atoms with Crippen molar-refractivity contribution in [3.8, 4) is 0 Å². The molecule has 3 rings (SSSR count). The van der Waals surface area contributed by atoms with Crippen LogP contribution >= 0.6 is 23.2 Å². The van der Waals surface area contributed by atoms with Crippen LogP contribution in [0, 0.1) is 0 Å². The van der Waals surface area contributed by atoms with Crippen LogP contribution in [0.2, 0.25) is 10.0 Å². The standard InChI is InChI=1S/C16H14Cl2N4O3/c17-10-1-2-11(12(18)9-10)15(23)22-7-5-21(6-8-22)14-4-3-13(16(24)25)19-20-14/h1-4,9H,5-8H2,(H,24,25). The lowest BCUT2D eigenvalue weighted by Crippen LogP contribution is -2.49. The van der Waals surface area contributed by atoms with E-state index >= 15 is 0 Å². The number of carboxylic acids is 1. The maximum atomic E-state index is 12.6. The highest BCUT2D eigenvalue weighted by Crippen LogP contribution is 2.23. The van der Waals surface area contributed by atoms with Crippen molar-refractivity contribution in [3.05, 3.63) is 51.6 Å². The van der Waals surface area contributed by atoms with Gasteiger partial charge in [0.1, 0.15) is 0 Å². The minimum Gasteiger partial charge on any atom is -0.476 e. The monoisotopic (exact) mass is 380 g/mol. The third kappa shape index (κ3) is 3.83. The summed E-state index contributed by atoms with van der Waals surface area (Å²) in [6, 6.07) is 7.83. The molecule has 2 aromatic rings. The zero-order valence-electron chi connectivity index (χ0n) is 13.0. The van der Waals surface area contributed by atoms with Crippen LogP contribution in [0.1, 0.15) is 20.8 Å². The number of piperazine rings is 1. The number of rotatable bonds is 3. The van der Waals surface area contributed by atoms with E-state index in [0.717, 1.165) is 0 Å². The fourth-order valence-electron chi connectivity index (χ4n) is 2.58. The van der Waals surface area contributed by atoms with Gasteiger partial charge in [0.15, 0.2) is 11.5 Å². The average molecular weight is 381 g/mol. The van der Waals surface area contributed by atoms with E-state index in [9.17, 15) is 9.59 Å². The van der Waals surface area contributed by atoms with Crippen LogP contribution in [-0.4, -0.2) is 58.3 Å². The normalized spacial score (nSPS) is 14.5. The van der Waals surface area contributed by atoms with Crippen LogP contribution in [-0.2, 0) is 0 Å². The van der Waals surface area contributed by atoms with Crippen LogP contribution in [0.5, 0.6) is 0 Å². The number of aromatic carboxylic acids is 1. The van der Waals surface area contributed by atoms with Gasteiger partial charge in [0.05, 0.1) is 10.6 Å². The number of hydrogen-bond donors (Lipinski definition) is 1. The summed E-state index contributed by atoms with van der Waals surface area (Å²) in [5, 5.41) is 17.3. The smallest absolute Gasteiger partial charge is 0.356 e. The van der Waals surface area contributed by atoms with E-state index in [-0.39, 0.29) is 11.6 Å². The minimum atomic E-state index is -1.12. The summed E-state index contributed by atoms with van der Waals surface area (Å²) in [5.41, 5.74) is 0.320. The summed E-state index contributed by atoms with van der Waals surface area (Å²) in [5.74, 6) is -0.676. The number of carbonyl (C=O) groups is 2. The van der Waals surface area contributed by atoms with Gasteiger partial charge < -0.3 is 14.9 Å². The highest BCUT2D eigenvalue weighted by molar-refractivity contribution is 6.36. The van der Waals surface area contributed by atoms with Gasteiger partial charge in [-0.05, 0) is 30.3 Å². The topological polar surface area (TPSA) is 86.6 Å². The number of carbonyl (C=O) groups excluding carboxylic acids is 1. The number of benzene rings is 1. The van der Waals surface area contributed by atoms with Crippen molar-refractivity contribution in [2.45, 2.75) is 0 Å². The molecule has 25 heavy (non-hydrogen) atoms. The van der Waals surface area contributed by atoms with Gasteiger partial charge in [-0.25, -0.2) is 4.79 Å². The molecule has 1 amide bonds. The Labute approximate surface area is 153 Å². The fraction of sp³-hybridized carbons (Fsp3) is 0.250. The number of halogens is 2. The van der Waals surface area contributed by atoms with Crippen molar-refractivity contribution in [2.75, 3.05) is 31.1 Å². The van der Waals surface area contributed by atoms with Gasteiger partial charge in [-0.2, -0.15) is 0 Å². The molecule has 0 aliphatic carbocycles. The quantitative estimate of drug-likeness (QED) is 0.879. The van der Waals surface area contributed by atoms with E-state index in [0.29, 0.717) is 47.6 Å². The lowest BCUT2D eigenvalue weighted by Gasteiger charge is -2.35. The summed E-state index contributed by atoms with van der Waals surface area (Å²) in [7, 11) is 0. The van der Waals surface area contributed by atoms with Gasteiger partial charge in [0.25, 0.3) is 5.91 Å². The van der Waals surface area contributed by atoms with Crippen molar-refractivity contribution in [1.29, 1.82) is 0 Å². The molecule has 1 aromatic heterocycles. The zero-order valence-corrected chi connectivity index (χ0v) is 14.5. The number of hydrogen-bond acceptors (Lipinski definition) is 5. The Morgan fingerprint density at radius 1 is 1.00 bits per heavy atom. The predicted molar refractivity (Wildman–Crippen MR) is 93.6 cm³/mol. The second-order valence-electron chi connectivity index (χ2n) is 5.49. The number of carboxylic acid groups (broad SMARTS) is 1. The molecule has 1 fully saturated rings. The van der Waals surface area contributed by atoms with Gasteiger partial charge in [-0.1, -0.05) is 23.2 Å². The Morgan fingerprint density at radius 3 is 2.28 bits per heavy atom.